The summed E-state index contributed by atoms with van der Waals surface area (Å²) in [5, 5.41) is 0.594. The molecule has 0 saturated carbocycles. The van der Waals surface area contributed by atoms with E-state index in [-0.39, 0.29) is 0 Å². The quantitative estimate of drug-likeness (QED) is 0.623. The topological polar surface area (TPSA) is 18.5 Å². The zero-order valence-electron chi connectivity index (χ0n) is 6.25. The molecule has 0 bridgehead atoms. The highest BCUT2D eigenvalue weighted by Gasteiger charge is 2.29. The van der Waals surface area contributed by atoms with Crippen LogP contribution in [0.5, 0.6) is 0 Å². The van der Waals surface area contributed by atoms with Crippen LogP contribution in [0.15, 0.2) is 0 Å². The lowest BCUT2D eigenvalue weighted by Gasteiger charge is -2.23. The van der Waals surface area contributed by atoms with E-state index in [1.54, 1.807) is 0 Å². The molecule has 2 saturated heterocycles. The fourth-order valence-corrected chi connectivity index (χ4v) is 3.86. The van der Waals surface area contributed by atoms with E-state index in [4.69, 9.17) is 9.47 Å². The zero-order chi connectivity index (χ0) is 7.52. The Morgan fingerprint density at radius 1 is 1.36 bits per heavy atom. The molecule has 0 amide bonds. The van der Waals surface area contributed by atoms with Crippen LogP contribution < -0.4 is 0 Å². The molecule has 0 aromatic heterocycles. The van der Waals surface area contributed by atoms with E-state index in [2.05, 4.69) is 0 Å². The van der Waals surface area contributed by atoms with Gasteiger partial charge >= 0.3 is 0 Å². The van der Waals surface area contributed by atoms with Gasteiger partial charge in [0.05, 0.1) is 6.61 Å². The van der Waals surface area contributed by atoms with Crippen LogP contribution in [-0.2, 0) is 9.47 Å². The molecule has 2 heterocycles. The maximum atomic E-state index is 5.35. The highest BCUT2D eigenvalue weighted by Crippen LogP contribution is 2.33. The highest BCUT2D eigenvalue weighted by molar-refractivity contribution is 8.06. The van der Waals surface area contributed by atoms with E-state index in [0.717, 1.165) is 12.7 Å². The van der Waals surface area contributed by atoms with Crippen LogP contribution in [0, 0.1) is 6.10 Å². The van der Waals surface area contributed by atoms with Gasteiger partial charge < -0.3 is 9.47 Å². The van der Waals surface area contributed by atoms with Crippen LogP contribution in [0.3, 0.4) is 0 Å². The van der Waals surface area contributed by atoms with E-state index < -0.39 is 0 Å². The zero-order valence-corrected chi connectivity index (χ0v) is 7.88. The Kier molecular flexibility index (Phi) is 3.01. The van der Waals surface area contributed by atoms with Gasteiger partial charge in [0.2, 0.25) is 0 Å². The largest absolute Gasteiger partial charge is 0.352 e. The second kappa shape index (κ2) is 4.03. The van der Waals surface area contributed by atoms with Crippen molar-refractivity contribution in [3.8, 4) is 0 Å². The average molecular weight is 191 g/mol. The highest BCUT2D eigenvalue weighted by atomic mass is 32.2. The lowest BCUT2D eigenvalue weighted by molar-refractivity contribution is 0.0698. The lowest BCUT2D eigenvalue weighted by Crippen LogP contribution is -2.23. The van der Waals surface area contributed by atoms with Gasteiger partial charge in [-0.1, -0.05) is 0 Å². The second-order valence-corrected chi connectivity index (χ2v) is 4.97. The molecular formula is C7H11O2S2. The minimum absolute atomic E-state index is 0.469. The van der Waals surface area contributed by atoms with Gasteiger partial charge in [-0.3, -0.25) is 0 Å². The molecule has 63 valence electrons. The van der Waals surface area contributed by atoms with Crippen molar-refractivity contribution in [3.05, 3.63) is 6.10 Å². The molecule has 2 aliphatic rings. The Bertz CT molecular complexity index is 120. The smallest absolute Gasteiger partial charge is 0.147 e. The summed E-state index contributed by atoms with van der Waals surface area (Å²) in [5.74, 6) is 3.74. The molecule has 4 heteroatoms. The molecule has 0 spiro atoms. The molecule has 0 N–H and O–H groups in total. The summed E-state index contributed by atoms with van der Waals surface area (Å²) in [6.07, 6.45) is 1.15. The summed E-state index contributed by atoms with van der Waals surface area (Å²) in [4.78, 5) is 0. The maximum absolute atomic E-state index is 5.35. The Balaban J connectivity index is 1.82. The first kappa shape index (κ1) is 8.23. The molecule has 1 atom stereocenters. The van der Waals surface area contributed by atoms with Crippen molar-refractivity contribution in [2.75, 3.05) is 30.7 Å². The Hall–Kier alpha value is 0.620. The second-order valence-electron chi connectivity index (χ2n) is 2.51. The van der Waals surface area contributed by atoms with Gasteiger partial charge in [-0.05, 0) is 0 Å². The fourth-order valence-electron chi connectivity index (χ4n) is 1.16. The van der Waals surface area contributed by atoms with Gasteiger partial charge in [-0.2, -0.15) is 23.5 Å². The Morgan fingerprint density at radius 3 is 3.00 bits per heavy atom. The SMILES string of the molecule is C1OC[C](C2CSCCS2)O1. The van der Waals surface area contributed by atoms with E-state index in [9.17, 15) is 0 Å². The third kappa shape index (κ3) is 2.05. The van der Waals surface area contributed by atoms with Gasteiger partial charge in [-0.15, -0.1) is 0 Å². The maximum Gasteiger partial charge on any atom is 0.147 e. The van der Waals surface area contributed by atoms with Crippen LogP contribution in [0.1, 0.15) is 0 Å². The number of rotatable bonds is 1. The van der Waals surface area contributed by atoms with Crippen molar-refractivity contribution < 1.29 is 9.47 Å². The number of hydrogen-bond donors (Lipinski definition) is 0. The van der Waals surface area contributed by atoms with E-state index >= 15 is 0 Å². The van der Waals surface area contributed by atoms with Crippen molar-refractivity contribution in [1.82, 2.24) is 0 Å². The van der Waals surface area contributed by atoms with Crippen LogP contribution in [0.4, 0.5) is 0 Å². The van der Waals surface area contributed by atoms with Crippen LogP contribution >= 0.6 is 23.5 Å². The first-order chi connectivity index (χ1) is 5.47. The van der Waals surface area contributed by atoms with Crippen molar-refractivity contribution in [3.63, 3.8) is 0 Å². The first-order valence-electron chi connectivity index (χ1n) is 3.72. The molecule has 1 radical (unpaired) electrons. The standard InChI is InChI=1S/C7H11O2S2/c1-2-11-7(4-10-1)6-3-8-5-9-6/h7H,1-5H2. The molecule has 0 aromatic rings. The average Bonchev–Trinajstić information content (AvgIpc) is 2.58. The fraction of sp³-hybridized carbons (Fsp3) is 0.857. The summed E-state index contributed by atoms with van der Waals surface area (Å²) in [6, 6.07) is 0. The molecule has 1 unspecified atom stereocenters. The number of hydrogen-bond acceptors (Lipinski definition) is 4. The summed E-state index contributed by atoms with van der Waals surface area (Å²) >= 11 is 4.01. The number of thioether (sulfide) groups is 2. The molecule has 2 nitrogen and oxygen atoms in total. The molecule has 2 aliphatic heterocycles. The normalized spacial score (nSPS) is 34.4. The third-order valence-corrected chi connectivity index (χ3v) is 4.55. The Morgan fingerprint density at radius 2 is 2.36 bits per heavy atom. The Labute approximate surface area is 75.4 Å². The summed E-state index contributed by atoms with van der Waals surface area (Å²) < 4.78 is 10.5. The van der Waals surface area contributed by atoms with Crippen molar-refractivity contribution in [2.45, 2.75) is 5.25 Å². The molecular weight excluding hydrogens is 180 g/mol. The van der Waals surface area contributed by atoms with Crippen LogP contribution in [0.25, 0.3) is 0 Å². The summed E-state index contributed by atoms with van der Waals surface area (Å²) in [5.41, 5.74) is 0. The van der Waals surface area contributed by atoms with Gasteiger partial charge in [0, 0.05) is 22.5 Å². The van der Waals surface area contributed by atoms with Crippen molar-refractivity contribution in [2.24, 2.45) is 0 Å². The number of ether oxygens (including phenoxy) is 2. The van der Waals surface area contributed by atoms with Crippen LogP contribution in [-0.4, -0.2) is 35.9 Å². The van der Waals surface area contributed by atoms with Gasteiger partial charge in [0.1, 0.15) is 12.9 Å². The van der Waals surface area contributed by atoms with Crippen molar-refractivity contribution >= 4 is 23.5 Å². The minimum Gasteiger partial charge on any atom is -0.352 e. The molecule has 0 aromatic carbocycles. The van der Waals surface area contributed by atoms with Gasteiger partial charge in [0.25, 0.3) is 0 Å². The van der Waals surface area contributed by atoms with E-state index in [1.165, 1.54) is 17.3 Å². The van der Waals surface area contributed by atoms with E-state index in [0.29, 0.717) is 12.0 Å². The van der Waals surface area contributed by atoms with Gasteiger partial charge in [-0.25, -0.2) is 0 Å². The molecule has 2 rings (SSSR count). The predicted octanol–water partition coefficient (Wildman–Crippen LogP) is 1.37. The minimum atomic E-state index is 0.469. The summed E-state index contributed by atoms with van der Waals surface area (Å²) in [6.45, 7) is 1.19. The van der Waals surface area contributed by atoms with E-state index in [1.807, 2.05) is 23.5 Å². The predicted molar refractivity (Wildman–Crippen MR) is 48.7 cm³/mol. The first-order valence-corrected chi connectivity index (χ1v) is 5.93. The summed E-state index contributed by atoms with van der Waals surface area (Å²) in [7, 11) is 0. The third-order valence-electron chi connectivity index (χ3n) is 1.75. The molecule has 2 fully saturated rings. The van der Waals surface area contributed by atoms with Crippen LogP contribution in [0.2, 0.25) is 0 Å². The van der Waals surface area contributed by atoms with Crippen molar-refractivity contribution in [1.29, 1.82) is 0 Å². The monoisotopic (exact) mass is 191 g/mol. The molecule has 11 heavy (non-hydrogen) atoms. The molecule has 0 aliphatic carbocycles. The van der Waals surface area contributed by atoms with Gasteiger partial charge in [0.15, 0.2) is 0 Å². The lowest BCUT2D eigenvalue weighted by atomic mass is 10.3.